The fourth-order valence-electron chi connectivity index (χ4n) is 1.01. The minimum atomic E-state index is -2.58. The molecule has 0 heterocycles. The van der Waals surface area contributed by atoms with Crippen molar-refractivity contribution in [1.29, 1.82) is 0 Å². The quantitative estimate of drug-likeness (QED) is 0.590. The van der Waals surface area contributed by atoms with Crippen LogP contribution in [0.4, 0.5) is 13.2 Å². The van der Waals surface area contributed by atoms with E-state index < -0.39 is 18.8 Å². The van der Waals surface area contributed by atoms with E-state index in [1.54, 1.807) is 0 Å². The Labute approximate surface area is 96.2 Å². The summed E-state index contributed by atoms with van der Waals surface area (Å²) in [6, 6.07) is 3.49. The van der Waals surface area contributed by atoms with Gasteiger partial charge in [-0.1, -0.05) is 11.8 Å². The standard InChI is InChI=1S/C11H8ClF3O/c12-5-1-2-8-6-9(13)3-4-10(8)16-7-11(14)15/h3-4,6,11H,5,7H2. The van der Waals surface area contributed by atoms with Crippen LogP contribution in [0.1, 0.15) is 5.56 Å². The molecule has 0 bridgehead atoms. The Hall–Kier alpha value is -1.34. The molecule has 0 radical (unpaired) electrons. The smallest absolute Gasteiger partial charge is 0.272 e. The van der Waals surface area contributed by atoms with Gasteiger partial charge >= 0.3 is 0 Å². The summed E-state index contributed by atoms with van der Waals surface area (Å²) in [6.07, 6.45) is -2.58. The van der Waals surface area contributed by atoms with E-state index in [1.165, 1.54) is 6.07 Å². The zero-order valence-electron chi connectivity index (χ0n) is 8.14. The van der Waals surface area contributed by atoms with Crippen molar-refractivity contribution >= 4 is 11.6 Å². The highest BCUT2D eigenvalue weighted by Gasteiger charge is 2.07. The van der Waals surface area contributed by atoms with Gasteiger partial charge in [0.1, 0.15) is 18.2 Å². The Morgan fingerprint density at radius 2 is 2.12 bits per heavy atom. The second-order valence-electron chi connectivity index (χ2n) is 2.78. The van der Waals surface area contributed by atoms with Crippen molar-refractivity contribution in [2.75, 3.05) is 12.5 Å². The lowest BCUT2D eigenvalue weighted by molar-refractivity contribution is 0.0817. The normalized spacial score (nSPS) is 9.81. The topological polar surface area (TPSA) is 9.23 Å². The number of hydrogen-bond donors (Lipinski definition) is 0. The highest BCUT2D eigenvalue weighted by atomic mass is 35.5. The second kappa shape index (κ2) is 6.29. The average Bonchev–Trinajstić information content (AvgIpc) is 2.24. The Morgan fingerprint density at radius 1 is 1.38 bits per heavy atom. The van der Waals surface area contributed by atoms with E-state index in [0.717, 1.165) is 12.1 Å². The van der Waals surface area contributed by atoms with Crippen molar-refractivity contribution in [3.05, 3.63) is 29.6 Å². The molecule has 1 nitrogen and oxygen atoms in total. The van der Waals surface area contributed by atoms with Crippen LogP contribution in [0.2, 0.25) is 0 Å². The Morgan fingerprint density at radius 3 is 2.75 bits per heavy atom. The molecule has 0 saturated heterocycles. The van der Waals surface area contributed by atoms with E-state index in [9.17, 15) is 13.2 Å². The highest BCUT2D eigenvalue weighted by molar-refractivity contribution is 6.19. The molecule has 0 fully saturated rings. The number of alkyl halides is 3. The lowest BCUT2D eigenvalue weighted by atomic mass is 10.2. The molecule has 86 valence electrons. The second-order valence-corrected chi connectivity index (χ2v) is 3.05. The molecule has 1 rings (SSSR count). The van der Waals surface area contributed by atoms with Crippen molar-refractivity contribution in [3.8, 4) is 17.6 Å². The van der Waals surface area contributed by atoms with Gasteiger partial charge in [-0.05, 0) is 18.2 Å². The molecule has 0 amide bonds. The molecule has 0 aliphatic rings. The van der Waals surface area contributed by atoms with Crippen LogP contribution in [0.3, 0.4) is 0 Å². The maximum Gasteiger partial charge on any atom is 0.272 e. The summed E-state index contributed by atoms with van der Waals surface area (Å²) in [5.74, 6) is 4.72. The predicted molar refractivity (Wildman–Crippen MR) is 55.5 cm³/mol. The maximum atomic E-state index is 12.9. The zero-order chi connectivity index (χ0) is 12.0. The van der Waals surface area contributed by atoms with Crippen LogP contribution in [-0.4, -0.2) is 18.9 Å². The molecular weight excluding hydrogens is 241 g/mol. The molecule has 0 unspecified atom stereocenters. The van der Waals surface area contributed by atoms with Crippen molar-refractivity contribution in [1.82, 2.24) is 0 Å². The van der Waals surface area contributed by atoms with Gasteiger partial charge in [0, 0.05) is 0 Å². The third-order valence-electron chi connectivity index (χ3n) is 1.60. The van der Waals surface area contributed by atoms with Gasteiger partial charge in [-0.25, -0.2) is 13.2 Å². The summed E-state index contributed by atoms with van der Waals surface area (Å²) in [5.41, 5.74) is 0.210. The van der Waals surface area contributed by atoms with Gasteiger partial charge in [-0.3, -0.25) is 0 Å². The Balaban J connectivity index is 2.89. The van der Waals surface area contributed by atoms with Crippen LogP contribution in [0.5, 0.6) is 5.75 Å². The van der Waals surface area contributed by atoms with Crippen LogP contribution in [-0.2, 0) is 0 Å². The first kappa shape index (κ1) is 12.7. The fourth-order valence-corrected chi connectivity index (χ4v) is 1.07. The fraction of sp³-hybridized carbons (Fsp3) is 0.273. The van der Waals surface area contributed by atoms with Crippen molar-refractivity contribution in [2.45, 2.75) is 6.43 Å². The molecule has 0 atom stereocenters. The molecule has 0 saturated carbocycles. The number of ether oxygens (including phenoxy) is 1. The third kappa shape index (κ3) is 4.03. The average molecular weight is 249 g/mol. The van der Waals surface area contributed by atoms with E-state index in [1.807, 2.05) is 0 Å². The van der Waals surface area contributed by atoms with Gasteiger partial charge in [0.15, 0.2) is 0 Å². The highest BCUT2D eigenvalue weighted by Crippen LogP contribution is 2.19. The van der Waals surface area contributed by atoms with Gasteiger partial charge in [-0.15, -0.1) is 11.6 Å². The largest absolute Gasteiger partial charge is 0.486 e. The summed E-state index contributed by atoms with van der Waals surface area (Å²) in [7, 11) is 0. The summed E-state index contributed by atoms with van der Waals surface area (Å²) < 4.78 is 41.5. The van der Waals surface area contributed by atoms with Gasteiger partial charge in [0.05, 0.1) is 11.4 Å². The van der Waals surface area contributed by atoms with Crippen molar-refractivity contribution in [3.63, 3.8) is 0 Å². The molecule has 5 heteroatoms. The van der Waals surface area contributed by atoms with Crippen LogP contribution in [0.25, 0.3) is 0 Å². The molecule has 0 spiro atoms. The summed E-state index contributed by atoms with van der Waals surface area (Å²) in [5, 5.41) is 0. The summed E-state index contributed by atoms with van der Waals surface area (Å²) in [6.45, 7) is -0.749. The summed E-state index contributed by atoms with van der Waals surface area (Å²) >= 11 is 5.34. The third-order valence-corrected chi connectivity index (χ3v) is 1.73. The first-order valence-corrected chi connectivity index (χ1v) is 4.92. The molecule has 0 aliphatic heterocycles. The lowest BCUT2D eigenvalue weighted by Crippen LogP contribution is -2.08. The van der Waals surface area contributed by atoms with Crippen LogP contribution in [0, 0.1) is 17.7 Å². The number of benzene rings is 1. The van der Waals surface area contributed by atoms with E-state index in [4.69, 9.17) is 16.3 Å². The minimum absolute atomic E-state index is 0.0742. The van der Waals surface area contributed by atoms with E-state index in [0.29, 0.717) is 0 Å². The van der Waals surface area contributed by atoms with E-state index >= 15 is 0 Å². The molecule has 1 aromatic carbocycles. The first-order valence-electron chi connectivity index (χ1n) is 4.39. The number of halogens is 4. The van der Waals surface area contributed by atoms with Crippen molar-refractivity contribution in [2.24, 2.45) is 0 Å². The number of hydrogen-bond acceptors (Lipinski definition) is 1. The Kier molecular flexibility index (Phi) is 5.00. The van der Waals surface area contributed by atoms with Gasteiger partial charge in [-0.2, -0.15) is 0 Å². The molecule has 0 aromatic heterocycles. The summed E-state index contributed by atoms with van der Waals surface area (Å²) in [4.78, 5) is 0. The maximum absolute atomic E-state index is 12.9. The molecule has 0 N–H and O–H groups in total. The molecular formula is C11H8ClF3O. The predicted octanol–water partition coefficient (Wildman–Crippen LogP) is 3.06. The van der Waals surface area contributed by atoms with E-state index in [2.05, 4.69) is 11.8 Å². The van der Waals surface area contributed by atoms with Crippen molar-refractivity contribution < 1.29 is 17.9 Å². The van der Waals surface area contributed by atoms with Crippen LogP contribution >= 0.6 is 11.6 Å². The zero-order valence-corrected chi connectivity index (χ0v) is 8.90. The minimum Gasteiger partial charge on any atom is -0.486 e. The molecule has 0 aliphatic carbocycles. The lowest BCUT2D eigenvalue weighted by Gasteiger charge is -2.07. The Bertz CT molecular complexity index is 409. The monoisotopic (exact) mass is 248 g/mol. The SMILES string of the molecule is Fc1ccc(OCC(F)F)c(C#CCCl)c1. The van der Waals surface area contributed by atoms with Gasteiger partial charge in [0.2, 0.25) is 0 Å². The first-order chi connectivity index (χ1) is 7.63. The molecule has 16 heavy (non-hydrogen) atoms. The van der Waals surface area contributed by atoms with Gasteiger partial charge in [0.25, 0.3) is 6.43 Å². The van der Waals surface area contributed by atoms with Crippen LogP contribution in [0.15, 0.2) is 18.2 Å². The number of rotatable bonds is 3. The van der Waals surface area contributed by atoms with Crippen LogP contribution < -0.4 is 4.74 Å². The van der Waals surface area contributed by atoms with E-state index in [-0.39, 0.29) is 17.2 Å². The molecule has 1 aromatic rings. The van der Waals surface area contributed by atoms with Gasteiger partial charge < -0.3 is 4.74 Å².